The quantitative estimate of drug-likeness (QED) is 0.876. The van der Waals surface area contributed by atoms with Crippen molar-refractivity contribution in [1.82, 2.24) is 15.1 Å². The maximum absolute atomic E-state index is 12.6. The van der Waals surface area contributed by atoms with Crippen LogP contribution in [0.15, 0.2) is 24.3 Å². The minimum Gasteiger partial charge on any atom is -0.453 e. The van der Waals surface area contributed by atoms with Gasteiger partial charge in [0.15, 0.2) is 0 Å². The predicted octanol–water partition coefficient (Wildman–Crippen LogP) is 3.22. The number of halogens is 3. The molecule has 0 spiro atoms. The number of aromatic nitrogens is 2. The van der Waals surface area contributed by atoms with E-state index in [0.717, 1.165) is 23.4 Å². The number of aromatic amines is 1. The van der Waals surface area contributed by atoms with Crippen molar-refractivity contribution in [2.24, 2.45) is 0 Å². The second-order valence-corrected chi connectivity index (χ2v) is 5.25. The monoisotopic (exact) mass is 325 g/mol. The first-order valence-electron chi connectivity index (χ1n) is 6.97. The zero-order chi connectivity index (χ0) is 16.6. The average molecular weight is 325 g/mol. The van der Waals surface area contributed by atoms with Crippen LogP contribution < -0.4 is 0 Å². The van der Waals surface area contributed by atoms with E-state index in [1.165, 1.54) is 24.1 Å². The van der Waals surface area contributed by atoms with Crippen molar-refractivity contribution < 1.29 is 22.7 Å². The number of rotatable bonds is 1. The van der Waals surface area contributed by atoms with Crippen molar-refractivity contribution in [3.05, 3.63) is 41.1 Å². The van der Waals surface area contributed by atoms with Crippen LogP contribution in [0.1, 0.15) is 16.8 Å². The van der Waals surface area contributed by atoms with Gasteiger partial charge in [0.2, 0.25) is 0 Å². The number of amides is 1. The zero-order valence-corrected chi connectivity index (χ0v) is 12.3. The summed E-state index contributed by atoms with van der Waals surface area (Å²) in [4.78, 5) is 13.2. The smallest absolute Gasteiger partial charge is 0.416 e. The molecule has 0 unspecified atom stereocenters. The number of nitrogens with one attached hydrogen (secondary N) is 1. The Morgan fingerprint density at radius 2 is 2.00 bits per heavy atom. The molecule has 0 saturated carbocycles. The summed E-state index contributed by atoms with van der Waals surface area (Å²) in [5.74, 6) is 0. The Kier molecular flexibility index (Phi) is 3.75. The summed E-state index contributed by atoms with van der Waals surface area (Å²) in [6.07, 6.45) is -4.21. The Morgan fingerprint density at radius 1 is 1.30 bits per heavy atom. The molecule has 1 aromatic heterocycles. The van der Waals surface area contributed by atoms with Crippen molar-refractivity contribution in [2.45, 2.75) is 19.1 Å². The lowest BCUT2D eigenvalue weighted by atomic mass is 10.0. The fraction of sp³-hybridized carbons (Fsp3) is 0.333. The van der Waals surface area contributed by atoms with Gasteiger partial charge in [-0.1, -0.05) is 12.1 Å². The topological polar surface area (TPSA) is 58.2 Å². The molecule has 1 aliphatic heterocycles. The van der Waals surface area contributed by atoms with E-state index in [0.29, 0.717) is 30.8 Å². The van der Waals surface area contributed by atoms with Crippen LogP contribution in [0.3, 0.4) is 0 Å². The Morgan fingerprint density at radius 3 is 2.61 bits per heavy atom. The van der Waals surface area contributed by atoms with Crippen molar-refractivity contribution >= 4 is 6.09 Å². The van der Waals surface area contributed by atoms with Gasteiger partial charge in [0.1, 0.15) is 0 Å². The zero-order valence-electron chi connectivity index (χ0n) is 12.3. The molecule has 1 N–H and O–H groups in total. The molecule has 0 radical (unpaired) electrons. The molecule has 5 nitrogen and oxygen atoms in total. The van der Waals surface area contributed by atoms with E-state index in [1.807, 2.05) is 0 Å². The number of carbonyl (C=O) groups excluding carboxylic acids is 1. The summed E-state index contributed by atoms with van der Waals surface area (Å²) in [5.41, 5.74) is 2.12. The van der Waals surface area contributed by atoms with Gasteiger partial charge in [0.25, 0.3) is 0 Å². The summed E-state index contributed by atoms with van der Waals surface area (Å²) >= 11 is 0. The minimum atomic E-state index is -4.37. The number of nitrogens with zero attached hydrogens (tertiary/aromatic N) is 2. The highest BCUT2D eigenvalue weighted by molar-refractivity contribution is 5.70. The number of alkyl halides is 3. The average Bonchev–Trinajstić information content (AvgIpc) is 2.96. The molecule has 0 saturated heterocycles. The van der Waals surface area contributed by atoms with E-state index in [9.17, 15) is 18.0 Å². The number of H-pyrrole nitrogens is 1. The molecule has 8 heteroatoms. The minimum absolute atomic E-state index is 0.314. The van der Waals surface area contributed by atoms with Crippen LogP contribution in [0.5, 0.6) is 0 Å². The highest BCUT2D eigenvalue weighted by atomic mass is 19.4. The van der Waals surface area contributed by atoms with Crippen LogP contribution in [0.2, 0.25) is 0 Å². The lowest BCUT2D eigenvalue weighted by Crippen LogP contribution is -2.35. The first-order valence-corrected chi connectivity index (χ1v) is 6.97. The highest BCUT2D eigenvalue weighted by Crippen LogP contribution is 2.33. The van der Waals surface area contributed by atoms with Crippen LogP contribution in [-0.2, 0) is 23.9 Å². The van der Waals surface area contributed by atoms with Gasteiger partial charge in [0, 0.05) is 29.8 Å². The molecule has 3 rings (SSSR count). The third-order valence-electron chi connectivity index (χ3n) is 3.85. The van der Waals surface area contributed by atoms with Gasteiger partial charge in [-0.25, -0.2) is 4.79 Å². The van der Waals surface area contributed by atoms with Gasteiger partial charge in [-0.15, -0.1) is 0 Å². The standard InChI is InChI=1S/C15H14F3N3O2/c1-23-14(22)21-7-6-12-11(8-21)13(20-19-12)9-2-4-10(5-3-9)15(16,17)18/h2-5H,6-8H2,1H3,(H,19,20). The van der Waals surface area contributed by atoms with E-state index in [4.69, 9.17) is 4.74 Å². The van der Waals surface area contributed by atoms with E-state index in [-0.39, 0.29) is 0 Å². The van der Waals surface area contributed by atoms with Gasteiger partial charge in [0.05, 0.1) is 24.9 Å². The van der Waals surface area contributed by atoms with Crippen LogP contribution >= 0.6 is 0 Å². The number of ether oxygens (including phenoxy) is 1. The van der Waals surface area contributed by atoms with E-state index in [1.54, 1.807) is 0 Å². The van der Waals surface area contributed by atoms with Crippen molar-refractivity contribution in [3.63, 3.8) is 0 Å². The maximum atomic E-state index is 12.6. The Hall–Kier alpha value is -2.51. The van der Waals surface area contributed by atoms with E-state index >= 15 is 0 Å². The van der Waals surface area contributed by atoms with Crippen molar-refractivity contribution in [1.29, 1.82) is 0 Å². The molecule has 0 fully saturated rings. The van der Waals surface area contributed by atoms with Gasteiger partial charge in [-0.3, -0.25) is 5.10 Å². The lowest BCUT2D eigenvalue weighted by molar-refractivity contribution is -0.137. The molecular formula is C15H14F3N3O2. The summed E-state index contributed by atoms with van der Waals surface area (Å²) in [7, 11) is 1.31. The molecule has 2 aromatic rings. The van der Waals surface area contributed by atoms with E-state index in [2.05, 4.69) is 10.2 Å². The number of fused-ring (bicyclic) bond motifs is 1. The largest absolute Gasteiger partial charge is 0.453 e. The third-order valence-corrected chi connectivity index (χ3v) is 3.85. The molecular weight excluding hydrogens is 311 g/mol. The molecule has 23 heavy (non-hydrogen) atoms. The molecule has 1 amide bonds. The van der Waals surface area contributed by atoms with Crippen LogP contribution in [0, 0.1) is 0 Å². The highest BCUT2D eigenvalue weighted by Gasteiger charge is 2.31. The molecule has 122 valence electrons. The molecule has 0 bridgehead atoms. The SMILES string of the molecule is COC(=O)N1CCc2[nH]nc(-c3ccc(C(F)(F)F)cc3)c2C1. The normalized spacial score (nSPS) is 14.5. The van der Waals surface area contributed by atoms with Crippen LogP contribution in [-0.4, -0.2) is 34.8 Å². The Bertz CT molecular complexity index is 723. The fourth-order valence-corrected chi connectivity index (χ4v) is 2.64. The molecule has 2 heterocycles. The lowest BCUT2D eigenvalue weighted by Gasteiger charge is -2.25. The van der Waals surface area contributed by atoms with Crippen LogP contribution in [0.25, 0.3) is 11.3 Å². The first-order chi connectivity index (χ1) is 10.9. The summed E-state index contributed by atoms with van der Waals surface area (Å²) in [6.45, 7) is 0.823. The third kappa shape index (κ3) is 2.88. The van der Waals surface area contributed by atoms with Gasteiger partial charge in [-0.2, -0.15) is 18.3 Å². The van der Waals surface area contributed by atoms with Gasteiger partial charge >= 0.3 is 12.3 Å². The number of hydrogen-bond acceptors (Lipinski definition) is 3. The molecule has 0 atom stereocenters. The van der Waals surface area contributed by atoms with Crippen molar-refractivity contribution in [2.75, 3.05) is 13.7 Å². The molecule has 1 aromatic carbocycles. The second-order valence-electron chi connectivity index (χ2n) is 5.25. The summed E-state index contributed by atoms with van der Waals surface area (Å²) in [5, 5.41) is 7.09. The number of hydrogen-bond donors (Lipinski definition) is 1. The number of methoxy groups -OCH3 is 1. The van der Waals surface area contributed by atoms with Gasteiger partial charge < -0.3 is 9.64 Å². The van der Waals surface area contributed by atoms with Crippen LogP contribution in [0.4, 0.5) is 18.0 Å². The van der Waals surface area contributed by atoms with Gasteiger partial charge in [-0.05, 0) is 12.1 Å². The Labute approximate surface area is 130 Å². The summed E-state index contributed by atoms with van der Waals surface area (Å²) < 4.78 is 42.6. The second kappa shape index (κ2) is 5.60. The number of benzene rings is 1. The predicted molar refractivity (Wildman–Crippen MR) is 75.5 cm³/mol. The maximum Gasteiger partial charge on any atom is 0.416 e. The first kappa shape index (κ1) is 15.4. The molecule has 0 aliphatic carbocycles. The van der Waals surface area contributed by atoms with E-state index < -0.39 is 17.8 Å². The fourth-order valence-electron chi connectivity index (χ4n) is 2.64. The number of carbonyl (C=O) groups is 1. The Balaban J connectivity index is 1.91. The molecule has 1 aliphatic rings. The van der Waals surface area contributed by atoms with Crippen molar-refractivity contribution in [3.8, 4) is 11.3 Å². The summed E-state index contributed by atoms with van der Waals surface area (Å²) in [6, 6.07) is 4.82.